The van der Waals surface area contributed by atoms with Crippen LogP contribution < -0.4 is 0 Å². The van der Waals surface area contributed by atoms with E-state index in [4.69, 9.17) is 11.6 Å². The van der Waals surface area contributed by atoms with E-state index >= 15 is 0 Å². The topological polar surface area (TPSA) is 0 Å². The van der Waals surface area contributed by atoms with Gasteiger partial charge in [-0.3, -0.25) is 0 Å². The van der Waals surface area contributed by atoms with Crippen LogP contribution >= 0.6 is 11.6 Å². The average Bonchev–Trinajstić information content (AvgIpc) is 2.32. The zero-order chi connectivity index (χ0) is 13.4. The number of hydrogen-bond acceptors (Lipinski definition) is 0. The summed E-state index contributed by atoms with van der Waals surface area (Å²) in [6, 6.07) is 8.25. The summed E-state index contributed by atoms with van der Waals surface area (Å²) in [5, 5.41) is 0.828. The van der Waals surface area contributed by atoms with Gasteiger partial charge in [-0.05, 0) is 37.0 Å². The number of benzene rings is 1. The van der Waals surface area contributed by atoms with E-state index < -0.39 is 0 Å². The van der Waals surface area contributed by atoms with Crippen molar-refractivity contribution in [1.29, 1.82) is 0 Å². The first-order chi connectivity index (χ1) is 8.53. The van der Waals surface area contributed by atoms with Crippen LogP contribution in [-0.2, 0) is 6.42 Å². The monoisotopic (exact) mass is 268 g/mol. The van der Waals surface area contributed by atoms with Crippen molar-refractivity contribution in [1.82, 2.24) is 0 Å². The summed E-state index contributed by atoms with van der Waals surface area (Å²) < 4.78 is 1.15. The molecule has 0 fully saturated rings. The van der Waals surface area contributed by atoms with Crippen molar-refractivity contribution in [2.24, 2.45) is 0 Å². The fourth-order valence-corrected chi connectivity index (χ4v) is 2.39. The summed E-state index contributed by atoms with van der Waals surface area (Å²) in [6.45, 7) is 4.82. The van der Waals surface area contributed by atoms with Crippen molar-refractivity contribution in [2.45, 2.75) is 39.0 Å². The van der Waals surface area contributed by atoms with Gasteiger partial charge in [-0.1, -0.05) is 37.1 Å². The van der Waals surface area contributed by atoms with E-state index in [1.54, 1.807) is 0 Å². The lowest BCUT2D eigenvalue weighted by molar-refractivity contribution is -0.890. The Morgan fingerprint density at radius 1 is 0.944 bits per heavy atom. The van der Waals surface area contributed by atoms with Gasteiger partial charge in [0.2, 0.25) is 0 Å². The predicted molar refractivity (Wildman–Crippen MR) is 81.1 cm³/mol. The highest BCUT2D eigenvalue weighted by Gasteiger charge is 2.13. The third kappa shape index (κ3) is 6.42. The minimum atomic E-state index is 0.828. The fraction of sp³-hybridized carbons (Fsp3) is 0.625. The fourth-order valence-electron chi connectivity index (χ4n) is 2.26. The van der Waals surface area contributed by atoms with Crippen molar-refractivity contribution in [3.8, 4) is 0 Å². The molecule has 1 aromatic rings. The van der Waals surface area contributed by atoms with Gasteiger partial charge >= 0.3 is 0 Å². The van der Waals surface area contributed by atoms with E-state index in [1.807, 2.05) is 12.1 Å². The zero-order valence-electron chi connectivity index (χ0n) is 12.1. The van der Waals surface area contributed by atoms with E-state index in [9.17, 15) is 0 Å². The molecule has 0 bridgehead atoms. The van der Waals surface area contributed by atoms with Gasteiger partial charge < -0.3 is 4.48 Å². The Morgan fingerprint density at radius 3 is 2.17 bits per heavy atom. The molecule has 102 valence electrons. The number of rotatable bonds is 8. The number of unbranched alkanes of at least 4 members (excludes halogenated alkanes) is 2. The lowest BCUT2D eigenvalue weighted by atomic mass is 10.1. The molecular formula is C16H27ClN+. The third-order valence-electron chi connectivity index (χ3n) is 3.51. The van der Waals surface area contributed by atoms with Crippen molar-refractivity contribution in [3.05, 3.63) is 34.9 Å². The van der Waals surface area contributed by atoms with Gasteiger partial charge in [0, 0.05) is 11.4 Å². The molecule has 1 aromatic carbocycles. The van der Waals surface area contributed by atoms with Crippen LogP contribution in [0.15, 0.2) is 24.3 Å². The van der Waals surface area contributed by atoms with Crippen molar-refractivity contribution >= 4 is 11.6 Å². The van der Waals surface area contributed by atoms with Gasteiger partial charge in [0.15, 0.2) is 0 Å². The summed E-state index contributed by atoms with van der Waals surface area (Å²) in [4.78, 5) is 0. The molecule has 1 nitrogen and oxygen atoms in total. The molecular weight excluding hydrogens is 242 g/mol. The normalized spacial score (nSPS) is 11.8. The number of nitrogens with zero attached hydrogens (tertiary/aromatic N) is 1. The Morgan fingerprint density at radius 2 is 1.56 bits per heavy atom. The second-order valence-electron chi connectivity index (χ2n) is 5.82. The highest BCUT2D eigenvalue weighted by atomic mass is 35.5. The van der Waals surface area contributed by atoms with Crippen molar-refractivity contribution in [2.75, 3.05) is 27.2 Å². The van der Waals surface area contributed by atoms with Crippen LogP contribution in [0.2, 0.25) is 5.02 Å². The summed E-state index contributed by atoms with van der Waals surface area (Å²) in [5.74, 6) is 0. The van der Waals surface area contributed by atoms with Crippen LogP contribution in [0.1, 0.15) is 38.2 Å². The Labute approximate surface area is 117 Å². The molecule has 0 saturated carbocycles. The molecule has 0 aliphatic carbocycles. The number of hydrogen-bond donors (Lipinski definition) is 0. The van der Waals surface area contributed by atoms with Crippen LogP contribution in [0.3, 0.4) is 0 Å². The van der Waals surface area contributed by atoms with E-state index in [0.717, 1.165) is 15.9 Å². The summed E-state index contributed by atoms with van der Waals surface area (Å²) in [7, 11) is 4.69. The Kier molecular flexibility index (Phi) is 6.73. The predicted octanol–water partition coefficient (Wildman–Crippen LogP) is 4.54. The quantitative estimate of drug-likeness (QED) is 0.480. The highest BCUT2D eigenvalue weighted by molar-refractivity contribution is 6.30. The molecule has 1 rings (SSSR count). The minimum absolute atomic E-state index is 0.828. The van der Waals surface area contributed by atoms with E-state index in [1.165, 1.54) is 44.3 Å². The van der Waals surface area contributed by atoms with Crippen molar-refractivity contribution < 1.29 is 4.48 Å². The second kappa shape index (κ2) is 7.81. The molecule has 2 heteroatoms. The molecule has 0 N–H and O–H groups in total. The van der Waals surface area contributed by atoms with Gasteiger partial charge in [0.05, 0.1) is 27.2 Å². The molecule has 0 spiro atoms. The molecule has 0 radical (unpaired) electrons. The SMILES string of the molecule is CCCCC[N+](C)(C)CCCc1ccc(Cl)cc1. The zero-order valence-corrected chi connectivity index (χ0v) is 12.8. The number of aryl methyl sites for hydroxylation is 1. The maximum atomic E-state index is 5.89. The van der Waals surface area contributed by atoms with Crippen LogP contribution in [0.4, 0.5) is 0 Å². The van der Waals surface area contributed by atoms with Gasteiger partial charge in [-0.15, -0.1) is 0 Å². The Hall–Kier alpha value is -0.530. The van der Waals surface area contributed by atoms with Gasteiger partial charge in [0.1, 0.15) is 0 Å². The summed E-state index contributed by atoms with van der Waals surface area (Å²) >= 11 is 5.89. The lowest BCUT2D eigenvalue weighted by Crippen LogP contribution is -2.41. The lowest BCUT2D eigenvalue weighted by Gasteiger charge is -2.30. The van der Waals surface area contributed by atoms with Gasteiger partial charge in [-0.25, -0.2) is 0 Å². The third-order valence-corrected chi connectivity index (χ3v) is 3.76. The Bertz CT molecular complexity index is 329. The molecule has 18 heavy (non-hydrogen) atoms. The van der Waals surface area contributed by atoms with Crippen LogP contribution in [0.5, 0.6) is 0 Å². The molecule has 0 aliphatic rings. The average molecular weight is 269 g/mol. The molecule has 0 aromatic heterocycles. The minimum Gasteiger partial charge on any atom is -0.328 e. The molecule has 0 atom stereocenters. The highest BCUT2D eigenvalue weighted by Crippen LogP contribution is 2.12. The van der Waals surface area contributed by atoms with Crippen LogP contribution in [0.25, 0.3) is 0 Å². The summed E-state index contributed by atoms with van der Waals surface area (Å²) in [5.41, 5.74) is 1.40. The van der Waals surface area contributed by atoms with Gasteiger partial charge in [-0.2, -0.15) is 0 Å². The van der Waals surface area contributed by atoms with Gasteiger partial charge in [0.25, 0.3) is 0 Å². The molecule has 0 amide bonds. The second-order valence-corrected chi connectivity index (χ2v) is 6.26. The molecule has 0 heterocycles. The smallest absolute Gasteiger partial charge is 0.0785 e. The Balaban J connectivity index is 2.25. The largest absolute Gasteiger partial charge is 0.328 e. The molecule has 0 aliphatic heterocycles. The summed E-state index contributed by atoms with van der Waals surface area (Å²) in [6.07, 6.45) is 6.43. The van der Waals surface area contributed by atoms with Crippen LogP contribution in [0, 0.1) is 0 Å². The maximum Gasteiger partial charge on any atom is 0.0785 e. The first-order valence-electron chi connectivity index (χ1n) is 7.10. The first kappa shape index (κ1) is 15.5. The molecule has 0 unspecified atom stereocenters. The van der Waals surface area contributed by atoms with E-state index in [0.29, 0.717) is 0 Å². The van der Waals surface area contributed by atoms with E-state index in [-0.39, 0.29) is 0 Å². The van der Waals surface area contributed by atoms with E-state index in [2.05, 4.69) is 33.2 Å². The standard InChI is InChI=1S/C16H27ClN/c1-4-5-6-13-18(2,3)14-7-8-15-9-11-16(17)12-10-15/h9-12H,4-8,13-14H2,1-3H3/q+1. The number of halogens is 1. The van der Waals surface area contributed by atoms with Crippen molar-refractivity contribution in [3.63, 3.8) is 0 Å². The molecule has 0 saturated heterocycles. The first-order valence-corrected chi connectivity index (χ1v) is 7.48. The number of quaternary nitrogens is 1. The van der Waals surface area contributed by atoms with Crippen LogP contribution in [-0.4, -0.2) is 31.7 Å². The maximum absolute atomic E-state index is 5.89.